The summed E-state index contributed by atoms with van der Waals surface area (Å²) >= 11 is 0. The number of hydrogen-bond donors (Lipinski definition) is 2. The van der Waals surface area contributed by atoms with Crippen LogP contribution in [0.4, 0.5) is 0 Å². The summed E-state index contributed by atoms with van der Waals surface area (Å²) in [5.41, 5.74) is 4.93. The molecule has 2 aliphatic heterocycles. The highest BCUT2D eigenvalue weighted by atomic mass is 32.2. The average molecular weight is 233 g/mol. The highest BCUT2D eigenvalue weighted by Crippen LogP contribution is 2.44. The molecule has 2 saturated heterocycles. The third-order valence-electron chi connectivity index (χ3n) is 4.03. The van der Waals surface area contributed by atoms with Crippen molar-refractivity contribution in [2.45, 2.75) is 61.2 Å². The molecule has 3 unspecified atom stereocenters. The lowest BCUT2D eigenvalue weighted by Gasteiger charge is -2.39. The van der Waals surface area contributed by atoms with Crippen LogP contribution < -0.4 is 5.73 Å². The monoisotopic (exact) mass is 233 g/mol. The highest BCUT2D eigenvalue weighted by molar-refractivity contribution is 7.93. The fourth-order valence-corrected chi connectivity index (χ4v) is 5.48. The number of fused-ring (bicyclic) bond motifs is 2. The fourth-order valence-electron chi connectivity index (χ4n) is 2.96. The van der Waals surface area contributed by atoms with Crippen molar-refractivity contribution in [1.29, 1.82) is 0 Å². The first-order chi connectivity index (χ1) is 6.90. The summed E-state index contributed by atoms with van der Waals surface area (Å²) < 4.78 is 23.6. The molecule has 2 fully saturated rings. The van der Waals surface area contributed by atoms with E-state index in [-0.39, 0.29) is 16.5 Å². The van der Waals surface area contributed by atoms with Crippen LogP contribution in [0.1, 0.15) is 39.0 Å². The van der Waals surface area contributed by atoms with Crippen LogP contribution in [-0.2, 0) is 9.84 Å². The molecule has 0 saturated carbocycles. The molecule has 0 aromatic carbocycles. The molecule has 0 aliphatic carbocycles. The van der Waals surface area contributed by atoms with Crippen molar-refractivity contribution in [2.75, 3.05) is 0 Å². The molecule has 88 valence electrons. The number of nitrogens with two attached hydrogens (primary N) is 1. The predicted molar refractivity (Wildman–Crippen MR) is 58.2 cm³/mol. The van der Waals surface area contributed by atoms with Crippen LogP contribution in [0, 0.1) is 0 Å². The average Bonchev–Trinajstić information content (AvgIpc) is 2.41. The molecule has 0 spiro atoms. The highest BCUT2D eigenvalue weighted by Gasteiger charge is 2.54. The van der Waals surface area contributed by atoms with Gasteiger partial charge in [-0.25, -0.2) is 8.42 Å². The Kier molecular flexibility index (Phi) is 2.60. The zero-order valence-electron chi connectivity index (χ0n) is 9.02. The SMILES string of the molecule is CCC(N)C1(O)CC2CCC(C1)S2(=O)=O. The van der Waals surface area contributed by atoms with Crippen LogP contribution in [0.5, 0.6) is 0 Å². The van der Waals surface area contributed by atoms with Crippen molar-refractivity contribution in [2.24, 2.45) is 5.73 Å². The molecule has 0 aromatic rings. The van der Waals surface area contributed by atoms with Crippen molar-refractivity contribution in [3.05, 3.63) is 0 Å². The van der Waals surface area contributed by atoms with E-state index in [1.165, 1.54) is 0 Å². The lowest BCUT2D eigenvalue weighted by atomic mass is 9.85. The molecule has 2 heterocycles. The van der Waals surface area contributed by atoms with Gasteiger partial charge in [-0.1, -0.05) is 6.92 Å². The Labute approximate surface area is 90.8 Å². The number of rotatable bonds is 2. The van der Waals surface area contributed by atoms with Gasteiger partial charge >= 0.3 is 0 Å². The third kappa shape index (κ3) is 1.61. The summed E-state index contributed by atoms with van der Waals surface area (Å²) in [7, 11) is -2.96. The number of aliphatic hydroxyl groups is 1. The number of sulfone groups is 1. The lowest BCUT2D eigenvalue weighted by molar-refractivity contribution is -0.00432. The maximum absolute atomic E-state index is 11.8. The smallest absolute Gasteiger partial charge is 0.156 e. The summed E-state index contributed by atoms with van der Waals surface area (Å²) in [6.07, 6.45) is 2.76. The minimum atomic E-state index is -2.96. The first-order valence-electron chi connectivity index (χ1n) is 5.61. The van der Waals surface area contributed by atoms with Gasteiger partial charge in [0.1, 0.15) is 0 Å². The zero-order valence-corrected chi connectivity index (χ0v) is 9.83. The minimum Gasteiger partial charge on any atom is -0.388 e. The summed E-state index contributed by atoms with van der Waals surface area (Å²) in [5.74, 6) is 0. The summed E-state index contributed by atoms with van der Waals surface area (Å²) in [5, 5.41) is 9.67. The Bertz CT molecular complexity index is 332. The Morgan fingerprint density at radius 2 is 1.87 bits per heavy atom. The molecule has 2 aliphatic rings. The van der Waals surface area contributed by atoms with Gasteiger partial charge < -0.3 is 10.8 Å². The second kappa shape index (κ2) is 3.43. The van der Waals surface area contributed by atoms with Crippen LogP contribution in [0.15, 0.2) is 0 Å². The van der Waals surface area contributed by atoms with Gasteiger partial charge in [0.2, 0.25) is 0 Å². The molecule has 0 amide bonds. The van der Waals surface area contributed by atoms with Gasteiger partial charge in [-0.2, -0.15) is 0 Å². The summed E-state index contributed by atoms with van der Waals surface area (Å²) in [6, 6.07) is -0.295. The van der Waals surface area contributed by atoms with E-state index in [1.807, 2.05) is 6.92 Å². The Hall–Kier alpha value is -0.130. The second-order valence-electron chi connectivity index (χ2n) is 4.94. The standard InChI is InChI=1S/C10H19NO3S/c1-2-9(11)10(12)5-7-3-4-8(6-10)15(7,13)14/h7-9,12H,2-6,11H2,1H3. The normalized spacial score (nSPS) is 45.3. The van der Waals surface area contributed by atoms with Gasteiger partial charge in [-0.05, 0) is 32.1 Å². The predicted octanol–water partition coefficient (Wildman–Crippen LogP) is 0.194. The van der Waals surface area contributed by atoms with Gasteiger partial charge in [0.25, 0.3) is 0 Å². The number of hydrogen-bond acceptors (Lipinski definition) is 4. The molecule has 3 atom stereocenters. The first-order valence-corrected chi connectivity index (χ1v) is 7.22. The van der Waals surface area contributed by atoms with Crippen LogP contribution in [0.2, 0.25) is 0 Å². The van der Waals surface area contributed by atoms with Crippen molar-refractivity contribution < 1.29 is 13.5 Å². The van der Waals surface area contributed by atoms with Gasteiger partial charge in [-0.3, -0.25) is 0 Å². The van der Waals surface area contributed by atoms with Crippen molar-refractivity contribution in [1.82, 2.24) is 0 Å². The van der Waals surface area contributed by atoms with Crippen molar-refractivity contribution >= 4 is 9.84 Å². The van der Waals surface area contributed by atoms with Gasteiger partial charge in [0.05, 0.1) is 16.1 Å². The molecule has 2 bridgehead atoms. The molecular weight excluding hydrogens is 214 g/mol. The van der Waals surface area contributed by atoms with Crippen LogP contribution >= 0.6 is 0 Å². The quantitative estimate of drug-likeness (QED) is 0.713. The van der Waals surface area contributed by atoms with Crippen LogP contribution in [0.25, 0.3) is 0 Å². The van der Waals surface area contributed by atoms with Crippen molar-refractivity contribution in [3.8, 4) is 0 Å². The molecule has 5 heteroatoms. The molecule has 0 radical (unpaired) electrons. The Balaban J connectivity index is 2.25. The first kappa shape index (κ1) is 11.4. The van der Waals surface area contributed by atoms with Gasteiger partial charge in [0, 0.05) is 6.04 Å². The Morgan fingerprint density at radius 1 is 1.40 bits per heavy atom. The molecule has 3 N–H and O–H groups in total. The minimum absolute atomic E-state index is 0.295. The van der Waals surface area contributed by atoms with E-state index in [0.29, 0.717) is 32.1 Å². The largest absolute Gasteiger partial charge is 0.388 e. The lowest BCUT2D eigenvalue weighted by Crippen LogP contribution is -2.55. The van der Waals surface area contributed by atoms with E-state index < -0.39 is 15.4 Å². The zero-order chi connectivity index (χ0) is 11.3. The summed E-state index contributed by atoms with van der Waals surface area (Å²) in [4.78, 5) is 0. The van der Waals surface area contributed by atoms with E-state index >= 15 is 0 Å². The topological polar surface area (TPSA) is 80.4 Å². The van der Waals surface area contributed by atoms with E-state index in [0.717, 1.165) is 0 Å². The second-order valence-corrected chi connectivity index (χ2v) is 7.45. The fraction of sp³-hybridized carbons (Fsp3) is 1.00. The van der Waals surface area contributed by atoms with Gasteiger partial charge in [0.15, 0.2) is 9.84 Å². The van der Waals surface area contributed by atoms with Crippen LogP contribution in [0.3, 0.4) is 0 Å². The Morgan fingerprint density at radius 3 is 2.27 bits per heavy atom. The molecule has 15 heavy (non-hydrogen) atoms. The van der Waals surface area contributed by atoms with E-state index in [9.17, 15) is 13.5 Å². The van der Waals surface area contributed by atoms with Crippen LogP contribution in [-0.4, -0.2) is 35.7 Å². The maximum atomic E-state index is 11.8. The third-order valence-corrected chi connectivity index (χ3v) is 6.70. The van der Waals surface area contributed by atoms with Gasteiger partial charge in [-0.15, -0.1) is 0 Å². The molecule has 2 rings (SSSR count). The molecule has 4 nitrogen and oxygen atoms in total. The maximum Gasteiger partial charge on any atom is 0.156 e. The molecular formula is C10H19NO3S. The van der Waals surface area contributed by atoms with E-state index in [1.54, 1.807) is 0 Å². The van der Waals surface area contributed by atoms with Crippen molar-refractivity contribution in [3.63, 3.8) is 0 Å². The molecule has 0 aromatic heterocycles. The summed E-state index contributed by atoms with van der Waals surface area (Å²) in [6.45, 7) is 1.92. The van der Waals surface area contributed by atoms with E-state index in [2.05, 4.69) is 0 Å². The van der Waals surface area contributed by atoms with E-state index in [4.69, 9.17) is 5.73 Å².